The van der Waals surface area contributed by atoms with Gasteiger partial charge in [-0.05, 0) is 19.1 Å². The van der Waals surface area contributed by atoms with Gasteiger partial charge in [0.25, 0.3) is 5.56 Å². The van der Waals surface area contributed by atoms with E-state index in [2.05, 4.69) is 25.5 Å². The molecule has 9 nitrogen and oxygen atoms in total. The van der Waals surface area contributed by atoms with Crippen LogP contribution in [0.3, 0.4) is 0 Å². The number of para-hydroxylation sites is 1. The van der Waals surface area contributed by atoms with Crippen molar-refractivity contribution in [2.45, 2.75) is 39.7 Å². The van der Waals surface area contributed by atoms with Crippen molar-refractivity contribution in [3.8, 4) is 5.69 Å². The summed E-state index contributed by atoms with van der Waals surface area (Å²) in [6.45, 7) is 8.45. The highest BCUT2D eigenvalue weighted by atomic mass is 17.2. The molecule has 0 spiro atoms. The summed E-state index contributed by atoms with van der Waals surface area (Å²) < 4.78 is 1.47. The third-order valence-corrected chi connectivity index (χ3v) is 3.99. The highest BCUT2D eigenvalue weighted by Crippen LogP contribution is 2.29. The second kappa shape index (κ2) is 8.32. The van der Waals surface area contributed by atoms with Crippen molar-refractivity contribution >= 4 is 11.5 Å². The van der Waals surface area contributed by atoms with E-state index in [-0.39, 0.29) is 23.3 Å². The molecule has 148 valence electrons. The topological polar surface area (TPSA) is 110 Å². The summed E-state index contributed by atoms with van der Waals surface area (Å²) in [6, 6.07) is 9.34. The molecular weight excluding hydrogens is 360 g/mol. The lowest BCUT2D eigenvalue weighted by Gasteiger charge is -2.16. The van der Waals surface area contributed by atoms with E-state index in [0.29, 0.717) is 23.7 Å². The highest BCUT2D eigenvalue weighted by molar-refractivity contribution is 5.47. The number of azo groups is 1. The molecule has 0 saturated carbocycles. The van der Waals surface area contributed by atoms with Gasteiger partial charge in [-0.25, -0.2) is 14.5 Å². The Labute approximate surface area is 162 Å². The number of H-pyrrole nitrogens is 2. The van der Waals surface area contributed by atoms with Gasteiger partial charge in [0.1, 0.15) is 6.61 Å². The molecule has 9 heteroatoms. The minimum absolute atomic E-state index is 0.173. The standard InChI is InChI=1S/C19H24N6O3/c1-5-27-28-12-13-11-20-22-17(13)23-21-15-16(19(2,3)4)24-25(18(15)26)14-9-7-6-8-10-14/h6-11,24H,5,12H2,1-4H3,(H,20,22). The smallest absolute Gasteiger partial charge is 0.292 e. The van der Waals surface area contributed by atoms with Gasteiger partial charge >= 0.3 is 0 Å². The number of rotatable bonds is 7. The van der Waals surface area contributed by atoms with E-state index in [1.54, 1.807) is 6.20 Å². The molecular formula is C19H24N6O3. The summed E-state index contributed by atoms with van der Waals surface area (Å²) in [5.41, 5.74) is 1.74. The zero-order chi connectivity index (χ0) is 20.1. The number of aromatic amines is 2. The summed E-state index contributed by atoms with van der Waals surface area (Å²) in [7, 11) is 0. The molecule has 3 rings (SSSR count). The first kappa shape index (κ1) is 19.7. The maximum absolute atomic E-state index is 13.0. The van der Waals surface area contributed by atoms with Crippen LogP contribution < -0.4 is 5.56 Å². The van der Waals surface area contributed by atoms with Gasteiger partial charge < -0.3 is 0 Å². The molecule has 0 radical (unpaired) electrons. The lowest BCUT2D eigenvalue weighted by Crippen LogP contribution is -2.14. The normalized spacial score (nSPS) is 12.1. The molecule has 0 aliphatic heterocycles. The molecule has 0 bridgehead atoms. The predicted octanol–water partition coefficient (Wildman–Crippen LogP) is 4.07. The third kappa shape index (κ3) is 4.26. The summed E-state index contributed by atoms with van der Waals surface area (Å²) in [5, 5.41) is 18.3. The van der Waals surface area contributed by atoms with Crippen LogP contribution in [0.1, 0.15) is 39.0 Å². The van der Waals surface area contributed by atoms with Crippen LogP contribution in [-0.2, 0) is 21.8 Å². The van der Waals surface area contributed by atoms with Gasteiger partial charge in [-0.1, -0.05) is 39.0 Å². The van der Waals surface area contributed by atoms with Gasteiger partial charge in [-0.15, -0.1) is 10.2 Å². The summed E-state index contributed by atoms with van der Waals surface area (Å²) >= 11 is 0. The summed E-state index contributed by atoms with van der Waals surface area (Å²) in [5.74, 6) is 0.409. The number of benzene rings is 1. The van der Waals surface area contributed by atoms with Crippen LogP contribution >= 0.6 is 0 Å². The van der Waals surface area contributed by atoms with E-state index in [0.717, 1.165) is 5.69 Å². The van der Waals surface area contributed by atoms with Crippen LogP contribution in [-0.4, -0.2) is 26.6 Å². The third-order valence-electron chi connectivity index (χ3n) is 3.99. The van der Waals surface area contributed by atoms with Crippen molar-refractivity contribution in [2.24, 2.45) is 10.2 Å². The van der Waals surface area contributed by atoms with Crippen molar-refractivity contribution in [2.75, 3.05) is 6.61 Å². The fourth-order valence-electron chi connectivity index (χ4n) is 2.59. The molecule has 0 aliphatic rings. The molecule has 3 aromatic rings. The fourth-order valence-corrected chi connectivity index (χ4v) is 2.59. The summed E-state index contributed by atoms with van der Waals surface area (Å²) in [4.78, 5) is 22.9. The Bertz CT molecular complexity index is 995. The SMILES string of the molecule is CCOOCc1cn[nH]c1N=Nc1c(C(C)(C)C)[nH]n(-c2ccccc2)c1=O. The first-order valence-corrected chi connectivity index (χ1v) is 9.01. The molecule has 0 saturated heterocycles. The molecule has 0 atom stereocenters. The van der Waals surface area contributed by atoms with Crippen LogP contribution in [0.2, 0.25) is 0 Å². The lowest BCUT2D eigenvalue weighted by molar-refractivity contribution is -0.300. The van der Waals surface area contributed by atoms with E-state index in [1.807, 2.05) is 58.0 Å². The van der Waals surface area contributed by atoms with E-state index >= 15 is 0 Å². The minimum Gasteiger partial charge on any atom is -0.292 e. The number of nitrogens with zero attached hydrogens (tertiary/aromatic N) is 4. The molecule has 2 aromatic heterocycles. The van der Waals surface area contributed by atoms with Gasteiger partial charge in [0.2, 0.25) is 0 Å². The Morgan fingerprint density at radius 3 is 2.57 bits per heavy atom. The number of hydrogen-bond acceptors (Lipinski definition) is 6. The van der Waals surface area contributed by atoms with Crippen LogP contribution in [0.25, 0.3) is 5.69 Å². The maximum Gasteiger partial charge on any atom is 0.299 e. The average molecular weight is 384 g/mol. The van der Waals surface area contributed by atoms with Crippen LogP contribution in [0.4, 0.5) is 11.5 Å². The Kier molecular flexibility index (Phi) is 5.86. The second-order valence-electron chi connectivity index (χ2n) is 7.17. The van der Waals surface area contributed by atoms with E-state index < -0.39 is 0 Å². The Morgan fingerprint density at radius 2 is 1.89 bits per heavy atom. The monoisotopic (exact) mass is 384 g/mol. The van der Waals surface area contributed by atoms with Gasteiger partial charge in [0.15, 0.2) is 11.5 Å². The average Bonchev–Trinajstić information content (AvgIpc) is 3.25. The number of nitrogens with one attached hydrogen (secondary N) is 2. The first-order chi connectivity index (χ1) is 13.4. The van der Waals surface area contributed by atoms with Crippen LogP contribution in [0.15, 0.2) is 51.6 Å². The molecule has 0 fully saturated rings. The van der Waals surface area contributed by atoms with Gasteiger partial charge in [-0.2, -0.15) is 5.10 Å². The zero-order valence-electron chi connectivity index (χ0n) is 16.4. The van der Waals surface area contributed by atoms with Crippen LogP contribution in [0, 0.1) is 0 Å². The van der Waals surface area contributed by atoms with Crippen molar-refractivity contribution < 1.29 is 9.78 Å². The van der Waals surface area contributed by atoms with Crippen molar-refractivity contribution in [1.29, 1.82) is 0 Å². The quantitative estimate of drug-likeness (QED) is 0.277. The number of aromatic nitrogens is 4. The van der Waals surface area contributed by atoms with Crippen molar-refractivity contribution in [1.82, 2.24) is 20.0 Å². The molecule has 28 heavy (non-hydrogen) atoms. The molecule has 0 amide bonds. The van der Waals surface area contributed by atoms with E-state index in [1.165, 1.54) is 4.68 Å². The minimum atomic E-state index is -0.331. The highest BCUT2D eigenvalue weighted by Gasteiger charge is 2.25. The largest absolute Gasteiger partial charge is 0.299 e. The van der Waals surface area contributed by atoms with Gasteiger partial charge in [-0.3, -0.25) is 15.0 Å². The Balaban J connectivity index is 1.98. The number of hydrogen-bond donors (Lipinski definition) is 2. The Hall–Kier alpha value is -3.04. The van der Waals surface area contributed by atoms with Crippen LogP contribution in [0.5, 0.6) is 0 Å². The first-order valence-electron chi connectivity index (χ1n) is 9.01. The lowest BCUT2D eigenvalue weighted by atomic mass is 9.91. The van der Waals surface area contributed by atoms with Crippen molar-refractivity contribution in [3.05, 3.63) is 58.1 Å². The molecule has 0 unspecified atom stereocenters. The Morgan fingerprint density at radius 1 is 1.14 bits per heavy atom. The predicted molar refractivity (Wildman–Crippen MR) is 104 cm³/mol. The van der Waals surface area contributed by atoms with E-state index in [9.17, 15) is 4.79 Å². The fraction of sp³-hybridized carbons (Fsp3) is 0.368. The maximum atomic E-state index is 13.0. The molecule has 0 aliphatic carbocycles. The molecule has 1 aromatic carbocycles. The summed E-state index contributed by atoms with van der Waals surface area (Å²) in [6.07, 6.45) is 1.58. The molecule has 2 N–H and O–H groups in total. The zero-order valence-corrected chi connectivity index (χ0v) is 16.4. The second-order valence-corrected chi connectivity index (χ2v) is 7.17. The van der Waals surface area contributed by atoms with Crippen molar-refractivity contribution in [3.63, 3.8) is 0 Å². The van der Waals surface area contributed by atoms with Gasteiger partial charge in [0, 0.05) is 11.0 Å². The molecule has 2 heterocycles. The van der Waals surface area contributed by atoms with Gasteiger partial charge in [0.05, 0.1) is 24.2 Å². The van der Waals surface area contributed by atoms with E-state index in [4.69, 9.17) is 9.78 Å².